The number of aryl methyl sites for hydroxylation is 1. The number of hydrogen-bond donors (Lipinski definition) is 1. The second-order valence-electron chi connectivity index (χ2n) is 3.86. The van der Waals surface area contributed by atoms with Crippen LogP contribution < -0.4 is 10.1 Å². The van der Waals surface area contributed by atoms with Gasteiger partial charge >= 0.3 is 0 Å². The maximum atomic E-state index is 11.6. The zero-order valence-electron chi connectivity index (χ0n) is 10.5. The fourth-order valence-corrected chi connectivity index (χ4v) is 1.29. The molecule has 0 saturated heterocycles. The van der Waals surface area contributed by atoms with Gasteiger partial charge in [-0.15, -0.1) is 0 Å². The zero-order chi connectivity index (χ0) is 12.7. The Morgan fingerprint density at radius 2 is 2.00 bits per heavy atom. The van der Waals surface area contributed by atoms with Gasteiger partial charge in [-0.1, -0.05) is 17.7 Å². The van der Waals surface area contributed by atoms with Crippen molar-refractivity contribution in [1.82, 2.24) is 5.32 Å². The van der Waals surface area contributed by atoms with E-state index >= 15 is 0 Å². The SMILES string of the molecule is COCCNC(=O)[C@H](C)Oc1ccc(C)cc1. The zero-order valence-corrected chi connectivity index (χ0v) is 10.5. The normalized spacial score (nSPS) is 11.9. The van der Waals surface area contributed by atoms with Crippen molar-refractivity contribution in [2.75, 3.05) is 20.3 Å². The summed E-state index contributed by atoms with van der Waals surface area (Å²) in [6.07, 6.45) is -0.505. The summed E-state index contributed by atoms with van der Waals surface area (Å²) in [6, 6.07) is 7.61. The summed E-state index contributed by atoms with van der Waals surface area (Å²) in [7, 11) is 1.60. The van der Waals surface area contributed by atoms with Gasteiger partial charge in [0.1, 0.15) is 5.75 Å². The Morgan fingerprint density at radius 1 is 1.35 bits per heavy atom. The first-order valence-corrected chi connectivity index (χ1v) is 5.63. The predicted molar refractivity (Wildman–Crippen MR) is 66.2 cm³/mol. The quantitative estimate of drug-likeness (QED) is 0.763. The highest BCUT2D eigenvalue weighted by atomic mass is 16.5. The Labute approximate surface area is 102 Å². The highest BCUT2D eigenvalue weighted by Crippen LogP contribution is 2.13. The van der Waals surface area contributed by atoms with E-state index in [9.17, 15) is 4.79 Å². The number of benzene rings is 1. The van der Waals surface area contributed by atoms with Gasteiger partial charge in [0.05, 0.1) is 6.61 Å². The number of rotatable bonds is 6. The molecule has 0 bridgehead atoms. The van der Waals surface area contributed by atoms with Crippen LogP contribution in [0.25, 0.3) is 0 Å². The molecule has 4 nitrogen and oxygen atoms in total. The average Bonchev–Trinajstić information content (AvgIpc) is 2.32. The van der Waals surface area contributed by atoms with Crippen LogP contribution in [0.3, 0.4) is 0 Å². The summed E-state index contributed by atoms with van der Waals surface area (Å²) in [5.41, 5.74) is 1.16. The minimum atomic E-state index is -0.505. The average molecular weight is 237 g/mol. The Hall–Kier alpha value is -1.55. The lowest BCUT2D eigenvalue weighted by atomic mass is 10.2. The second kappa shape index (κ2) is 6.91. The minimum Gasteiger partial charge on any atom is -0.481 e. The topological polar surface area (TPSA) is 47.6 Å². The lowest BCUT2D eigenvalue weighted by molar-refractivity contribution is -0.127. The fraction of sp³-hybridized carbons (Fsp3) is 0.462. The van der Waals surface area contributed by atoms with Crippen LogP contribution in [0.4, 0.5) is 0 Å². The van der Waals surface area contributed by atoms with Gasteiger partial charge in [0.2, 0.25) is 0 Å². The van der Waals surface area contributed by atoms with Gasteiger partial charge in [-0.25, -0.2) is 0 Å². The Morgan fingerprint density at radius 3 is 2.59 bits per heavy atom. The van der Waals surface area contributed by atoms with E-state index in [4.69, 9.17) is 9.47 Å². The Balaban J connectivity index is 2.40. The molecule has 0 fully saturated rings. The van der Waals surface area contributed by atoms with Crippen molar-refractivity contribution in [3.05, 3.63) is 29.8 Å². The van der Waals surface area contributed by atoms with E-state index in [1.807, 2.05) is 31.2 Å². The molecule has 1 N–H and O–H groups in total. The lowest BCUT2D eigenvalue weighted by Gasteiger charge is -2.14. The van der Waals surface area contributed by atoms with Crippen LogP contribution in [0.5, 0.6) is 5.75 Å². The number of methoxy groups -OCH3 is 1. The molecule has 0 radical (unpaired) electrons. The minimum absolute atomic E-state index is 0.136. The van der Waals surface area contributed by atoms with E-state index in [0.29, 0.717) is 18.9 Å². The van der Waals surface area contributed by atoms with E-state index in [-0.39, 0.29) is 5.91 Å². The highest BCUT2D eigenvalue weighted by molar-refractivity contribution is 5.80. The molecule has 17 heavy (non-hydrogen) atoms. The van der Waals surface area contributed by atoms with E-state index in [1.54, 1.807) is 14.0 Å². The molecule has 1 atom stereocenters. The number of nitrogens with one attached hydrogen (secondary N) is 1. The second-order valence-corrected chi connectivity index (χ2v) is 3.86. The first-order chi connectivity index (χ1) is 8.13. The lowest BCUT2D eigenvalue weighted by Crippen LogP contribution is -2.37. The molecule has 1 aromatic carbocycles. The molecule has 1 rings (SSSR count). The number of amides is 1. The van der Waals surface area contributed by atoms with Crippen LogP contribution >= 0.6 is 0 Å². The van der Waals surface area contributed by atoms with Gasteiger partial charge in [-0.3, -0.25) is 4.79 Å². The van der Waals surface area contributed by atoms with Crippen molar-refractivity contribution in [3.8, 4) is 5.75 Å². The third kappa shape index (κ3) is 4.87. The van der Waals surface area contributed by atoms with Crippen LogP contribution in [0.2, 0.25) is 0 Å². The molecule has 0 saturated carbocycles. The molecule has 1 amide bonds. The monoisotopic (exact) mass is 237 g/mol. The van der Waals surface area contributed by atoms with Crippen LogP contribution in [-0.2, 0) is 9.53 Å². The fourth-order valence-electron chi connectivity index (χ4n) is 1.29. The van der Waals surface area contributed by atoms with Gasteiger partial charge in [-0.2, -0.15) is 0 Å². The van der Waals surface area contributed by atoms with Crippen LogP contribution in [0, 0.1) is 6.92 Å². The smallest absolute Gasteiger partial charge is 0.260 e. The van der Waals surface area contributed by atoms with Crippen molar-refractivity contribution >= 4 is 5.91 Å². The number of carbonyl (C=O) groups is 1. The summed E-state index contributed by atoms with van der Waals surface area (Å²) in [6.45, 7) is 4.73. The van der Waals surface area contributed by atoms with Gasteiger partial charge in [0, 0.05) is 13.7 Å². The molecule has 0 heterocycles. The van der Waals surface area contributed by atoms with Crippen molar-refractivity contribution in [3.63, 3.8) is 0 Å². The molecule has 0 aromatic heterocycles. The molecular weight excluding hydrogens is 218 g/mol. The molecule has 0 aliphatic rings. The maximum absolute atomic E-state index is 11.6. The summed E-state index contributed by atoms with van der Waals surface area (Å²) in [5, 5.41) is 2.73. The summed E-state index contributed by atoms with van der Waals surface area (Å²) in [4.78, 5) is 11.6. The standard InChI is InChI=1S/C13H19NO3/c1-10-4-6-12(7-5-10)17-11(2)13(15)14-8-9-16-3/h4-7,11H,8-9H2,1-3H3,(H,14,15)/t11-/m0/s1. The van der Waals surface area contributed by atoms with Crippen LogP contribution in [0.15, 0.2) is 24.3 Å². The maximum Gasteiger partial charge on any atom is 0.260 e. The molecule has 0 aliphatic carbocycles. The molecule has 94 valence electrons. The van der Waals surface area contributed by atoms with Gasteiger partial charge < -0.3 is 14.8 Å². The molecule has 0 aliphatic heterocycles. The number of hydrogen-bond acceptors (Lipinski definition) is 3. The third-order valence-electron chi connectivity index (χ3n) is 2.31. The summed E-state index contributed by atoms with van der Waals surface area (Å²) < 4.78 is 10.4. The Kier molecular flexibility index (Phi) is 5.49. The van der Waals surface area contributed by atoms with E-state index in [1.165, 1.54) is 0 Å². The molecule has 1 aromatic rings. The highest BCUT2D eigenvalue weighted by Gasteiger charge is 2.13. The van der Waals surface area contributed by atoms with Crippen molar-refractivity contribution in [2.24, 2.45) is 0 Å². The van der Waals surface area contributed by atoms with Gasteiger partial charge in [0.15, 0.2) is 6.10 Å². The molecule has 0 unspecified atom stereocenters. The van der Waals surface area contributed by atoms with E-state index in [0.717, 1.165) is 5.56 Å². The van der Waals surface area contributed by atoms with Crippen molar-refractivity contribution < 1.29 is 14.3 Å². The predicted octanol–water partition coefficient (Wildman–Crippen LogP) is 1.52. The molecular formula is C13H19NO3. The summed E-state index contributed by atoms with van der Waals surface area (Å²) in [5.74, 6) is 0.563. The largest absolute Gasteiger partial charge is 0.481 e. The summed E-state index contributed by atoms with van der Waals surface area (Å²) >= 11 is 0. The van der Waals surface area contributed by atoms with Gasteiger partial charge in [-0.05, 0) is 26.0 Å². The van der Waals surface area contributed by atoms with E-state index < -0.39 is 6.10 Å². The molecule has 0 spiro atoms. The van der Waals surface area contributed by atoms with Crippen LogP contribution in [-0.4, -0.2) is 32.3 Å². The van der Waals surface area contributed by atoms with Crippen molar-refractivity contribution in [2.45, 2.75) is 20.0 Å². The third-order valence-corrected chi connectivity index (χ3v) is 2.31. The molecule has 4 heteroatoms. The number of carbonyl (C=O) groups excluding carboxylic acids is 1. The first-order valence-electron chi connectivity index (χ1n) is 5.63. The van der Waals surface area contributed by atoms with Crippen LogP contribution in [0.1, 0.15) is 12.5 Å². The van der Waals surface area contributed by atoms with Gasteiger partial charge in [0.25, 0.3) is 5.91 Å². The first kappa shape index (κ1) is 13.5. The Bertz CT molecular complexity index is 348. The van der Waals surface area contributed by atoms with Crippen molar-refractivity contribution in [1.29, 1.82) is 0 Å². The van der Waals surface area contributed by atoms with E-state index in [2.05, 4.69) is 5.32 Å². The number of ether oxygens (including phenoxy) is 2.